The molecular formula is C12H15BrN2O2S. The lowest BCUT2D eigenvalue weighted by atomic mass is 10.3. The Morgan fingerprint density at radius 2 is 1.83 bits per heavy atom. The summed E-state index contributed by atoms with van der Waals surface area (Å²) in [6.45, 7) is 7.52. The molecular weight excluding hydrogens is 316 g/mol. The van der Waals surface area contributed by atoms with Crippen LogP contribution in [0.25, 0.3) is 0 Å². The van der Waals surface area contributed by atoms with Crippen molar-refractivity contribution in [3.8, 4) is 0 Å². The molecule has 0 bridgehead atoms. The quantitative estimate of drug-likeness (QED) is 0.643. The van der Waals surface area contributed by atoms with Crippen molar-refractivity contribution >= 4 is 31.6 Å². The van der Waals surface area contributed by atoms with Crippen LogP contribution in [0.1, 0.15) is 0 Å². The van der Waals surface area contributed by atoms with E-state index in [0.29, 0.717) is 4.47 Å². The standard InChI is InChI=1S/C12H15BrN2O2S/c1-3-7-15(8-4-2)18(16,17)12-9-10(13)5-6-11(12)14/h3-6,9H,1-2,7-8,14H2. The van der Waals surface area contributed by atoms with Crippen molar-refractivity contribution in [3.05, 3.63) is 48.0 Å². The number of halogens is 1. The molecule has 0 aliphatic rings. The molecule has 0 heterocycles. The van der Waals surface area contributed by atoms with Crippen LogP contribution >= 0.6 is 15.9 Å². The monoisotopic (exact) mass is 330 g/mol. The molecule has 0 atom stereocenters. The molecule has 0 saturated heterocycles. The highest BCUT2D eigenvalue weighted by Gasteiger charge is 2.24. The van der Waals surface area contributed by atoms with Crippen LogP contribution in [0, 0.1) is 0 Å². The minimum Gasteiger partial charge on any atom is -0.398 e. The van der Waals surface area contributed by atoms with Crippen LogP contribution in [-0.2, 0) is 10.0 Å². The fraction of sp³-hybridized carbons (Fsp3) is 0.167. The third-order valence-electron chi connectivity index (χ3n) is 2.26. The lowest BCUT2D eigenvalue weighted by molar-refractivity contribution is 0.474. The van der Waals surface area contributed by atoms with Crippen LogP contribution in [0.2, 0.25) is 0 Å². The van der Waals surface area contributed by atoms with Crippen LogP contribution in [0.15, 0.2) is 52.9 Å². The van der Waals surface area contributed by atoms with E-state index < -0.39 is 10.0 Å². The minimum absolute atomic E-state index is 0.0839. The molecule has 0 radical (unpaired) electrons. The van der Waals surface area contributed by atoms with Gasteiger partial charge < -0.3 is 5.73 Å². The molecule has 0 aromatic heterocycles. The van der Waals surface area contributed by atoms with E-state index in [1.807, 2.05) is 0 Å². The molecule has 2 N–H and O–H groups in total. The fourth-order valence-electron chi connectivity index (χ4n) is 1.43. The second kappa shape index (κ2) is 6.17. The van der Waals surface area contributed by atoms with Gasteiger partial charge in [-0.25, -0.2) is 8.42 Å². The zero-order valence-electron chi connectivity index (χ0n) is 9.84. The van der Waals surface area contributed by atoms with E-state index in [4.69, 9.17) is 5.73 Å². The summed E-state index contributed by atoms with van der Waals surface area (Å²) in [5.74, 6) is 0. The summed E-state index contributed by atoms with van der Waals surface area (Å²) in [4.78, 5) is 0.0839. The predicted molar refractivity (Wildman–Crippen MR) is 77.7 cm³/mol. The molecule has 0 saturated carbocycles. The van der Waals surface area contributed by atoms with Crippen molar-refractivity contribution in [1.29, 1.82) is 0 Å². The van der Waals surface area contributed by atoms with Crippen molar-refractivity contribution in [2.45, 2.75) is 4.90 Å². The lowest BCUT2D eigenvalue weighted by Crippen LogP contribution is -2.31. The van der Waals surface area contributed by atoms with E-state index >= 15 is 0 Å². The Bertz CT molecular complexity index is 545. The second-order valence-electron chi connectivity index (χ2n) is 3.58. The molecule has 0 amide bonds. The Kier molecular flexibility index (Phi) is 5.13. The molecule has 0 fully saturated rings. The van der Waals surface area contributed by atoms with E-state index in [1.54, 1.807) is 12.1 Å². The maximum atomic E-state index is 12.4. The highest BCUT2D eigenvalue weighted by molar-refractivity contribution is 9.10. The number of nitrogens with two attached hydrogens (primary N) is 1. The first-order valence-corrected chi connectivity index (χ1v) is 7.43. The number of hydrogen-bond acceptors (Lipinski definition) is 3. The maximum Gasteiger partial charge on any atom is 0.245 e. The fourth-order valence-corrected chi connectivity index (χ4v) is 3.47. The molecule has 18 heavy (non-hydrogen) atoms. The molecule has 1 aromatic rings. The number of anilines is 1. The third kappa shape index (κ3) is 3.22. The summed E-state index contributed by atoms with van der Waals surface area (Å²) in [5.41, 5.74) is 5.95. The van der Waals surface area contributed by atoms with Gasteiger partial charge in [-0.1, -0.05) is 28.1 Å². The zero-order valence-corrected chi connectivity index (χ0v) is 12.2. The summed E-state index contributed by atoms with van der Waals surface area (Å²) in [6.07, 6.45) is 3.05. The first kappa shape index (κ1) is 14.9. The van der Waals surface area contributed by atoms with Gasteiger partial charge in [0.2, 0.25) is 10.0 Å². The summed E-state index contributed by atoms with van der Waals surface area (Å²) in [6, 6.07) is 4.74. The Morgan fingerprint density at radius 3 is 2.33 bits per heavy atom. The number of sulfonamides is 1. The summed E-state index contributed by atoms with van der Waals surface area (Å²) >= 11 is 3.24. The van der Waals surface area contributed by atoms with E-state index in [1.165, 1.54) is 22.5 Å². The number of nitrogen functional groups attached to an aromatic ring is 1. The van der Waals surface area contributed by atoms with Gasteiger partial charge >= 0.3 is 0 Å². The Hall–Kier alpha value is -1.11. The average Bonchev–Trinajstić information content (AvgIpc) is 2.32. The van der Waals surface area contributed by atoms with Gasteiger partial charge in [-0.05, 0) is 18.2 Å². The third-order valence-corrected chi connectivity index (χ3v) is 4.64. The van der Waals surface area contributed by atoms with Crippen LogP contribution in [0.5, 0.6) is 0 Å². The van der Waals surface area contributed by atoms with Crippen LogP contribution in [0.3, 0.4) is 0 Å². The molecule has 4 nitrogen and oxygen atoms in total. The predicted octanol–water partition coefficient (Wildman–Crippen LogP) is 2.39. The largest absolute Gasteiger partial charge is 0.398 e. The molecule has 1 aromatic carbocycles. The molecule has 98 valence electrons. The van der Waals surface area contributed by atoms with Gasteiger partial charge in [-0.15, -0.1) is 13.2 Å². The lowest BCUT2D eigenvalue weighted by Gasteiger charge is -2.20. The van der Waals surface area contributed by atoms with E-state index in [-0.39, 0.29) is 23.7 Å². The van der Waals surface area contributed by atoms with Crippen molar-refractivity contribution in [2.24, 2.45) is 0 Å². The Labute approximate surface area is 116 Å². The van der Waals surface area contributed by atoms with Crippen LogP contribution in [-0.4, -0.2) is 25.8 Å². The van der Waals surface area contributed by atoms with E-state index in [2.05, 4.69) is 29.1 Å². The van der Waals surface area contributed by atoms with Gasteiger partial charge in [0.15, 0.2) is 0 Å². The maximum absolute atomic E-state index is 12.4. The van der Waals surface area contributed by atoms with E-state index in [0.717, 1.165) is 0 Å². The van der Waals surface area contributed by atoms with Gasteiger partial charge in [0.05, 0.1) is 5.69 Å². The average molecular weight is 331 g/mol. The van der Waals surface area contributed by atoms with Crippen molar-refractivity contribution < 1.29 is 8.42 Å². The molecule has 0 spiro atoms. The second-order valence-corrected chi connectivity index (χ2v) is 6.40. The number of rotatable bonds is 6. The Morgan fingerprint density at radius 1 is 1.28 bits per heavy atom. The molecule has 0 aliphatic carbocycles. The van der Waals surface area contributed by atoms with Gasteiger partial charge in [-0.2, -0.15) is 4.31 Å². The van der Waals surface area contributed by atoms with Gasteiger partial charge in [0, 0.05) is 17.6 Å². The molecule has 6 heteroatoms. The summed E-state index contributed by atoms with van der Waals surface area (Å²) in [5, 5.41) is 0. The summed E-state index contributed by atoms with van der Waals surface area (Å²) in [7, 11) is -3.64. The highest BCUT2D eigenvalue weighted by Crippen LogP contribution is 2.25. The number of nitrogens with zero attached hydrogens (tertiary/aromatic N) is 1. The topological polar surface area (TPSA) is 63.4 Å². The molecule has 0 unspecified atom stereocenters. The van der Waals surface area contributed by atoms with Crippen molar-refractivity contribution in [3.63, 3.8) is 0 Å². The van der Waals surface area contributed by atoms with Crippen LogP contribution in [0.4, 0.5) is 5.69 Å². The number of benzene rings is 1. The van der Waals surface area contributed by atoms with Gasteiger partial charge in [0.25, 0.3) is 0 Å². The highest BCUT2D eigenvalue weighted by atomic mass is 79.9. The normalized spacial score (nSPS) is 11.4. The Balaban J connectivity index is 3.29. The first-order chi connectivity index (χ1) is 8.43. The van der Waals surface area contributed by atoms with Crippen molar-refractivity contribution in [1.82, 2.24) is 4.31 Å². The molecule has 0 aliphatic heterocycles. The molecule has 1 rings (SSSR count). The van der Waals surface area contributed by atoms with Crippen molar-refractivity contribution in [2.75, 3.05) is 18.8 Å². The van der Waals surface area contributed by atoms with Gasteiger partial charge in [0.1, 0.15) is 4.90 Å². The number of hydrogen-bond donors (Lipinski definition) is 1. The minimum atomic E-state index is -3.64. The smallest absolute Gasteiger partial charge is 0.245 e. The zero-order chi connectivity index (χ0) is 13.8. The first-order valence-electron chi connectivity index (χ1n) is 5.20. The van der Waals surface area contributed by atoms with E-state index in [9.17, 15) is 8.42 Å². The SMILES string of the molecule is C=CCN(CC=C)S(=O)(=O)c1cc(Br)ccc1N. The summed E-state index contributed by atoms with van der Waals surface area (Å²) < 4.78 is 26.7. The van der Waals surface area contributed by atoms with Crippen LogP contribution < -0.4 is 5.73 Å². The van der Waals surface area contributed by atoms with Gasteiger partial charge in [-0.3, -0.25) is 0 Å².